The van der Waals surface area contributed by atoms with Crippen LogP contribution in [0.4, 0.5) is 4.39 Å². The Morgan fingerprint density at radius 2 is 1.92 bits per heavy atom. The molecule has 2 fully saturated rings. The van der Waals surface area contributed by atoms with Gasteiger partial charge < -0.3 is 19.4 Å². The Morgan fingerprint density at radius 3 is 2.59 bits per heavy atom. The fourth-order valence-electron chi connectivity index (χ4n) is 5.00. The molecule has 3 heterocycles. The largest absolute Gasteiger partial charge is 0.458 e. The number of rotatable bonds is 9. The van der Waals surface area contributed by atoms with Crippen LogP contribution in [0, 0.1) is 12.7 Å². The number of aromatic nitrogens is 4. The molecular weight excluding hydrogens is 479 g/mol. The number of nitrogens with zero attached hydrogens (tertiary/aromatic N) is 5. The lowest BCUT2D eigenvalue weighted by Gasteiger charge is -2.33. The molecule has 1 aliphatic heterocycles. The van der Waals surface area contributed by atoms with Crippen molar-refractivity contribution >= 4 is 11.8 Å². The fourth-order valence-corrected chi connectivity index (χ4v) is 5.00. The van der Waals surface area contributed by atoms with Gasteiger partial charge in [-0.1, -0.05) is 25.0 Å². The van der Waals surface area contributed by atoms with E-state index in [0.717, 1.165) is 38.5 Å². The predicted octanol–water partition coefficient (Wildman–Crippen LogP) is 3.19. The third-order valence-electron chi connectivity index (χ3n) is 6.88. The van der Waals surface area contributed by atoms with E-state index in [4.69, 9.17) is 9.15 Å². The number of halogens is 1. The van der Waals surface area contributed by atoms with Crippen molar-refractivity contribution in [2.45, 2.75) is 70.2 Å². The summed E-state index contributed by atoms with van der Waals surface area (Å²) in [6, 6.07) is 8.35. The average molecular weight is 511 g/mol. The lowest BCUT2D eigenvalue weighted by atomic mass is 10.0. The van der Waals surface area contributed by atoms with Crippen molar-refractivity contribution in [3.63, 3.8) is 0 Å². The van der Waals surface area contributed by atoms with Crippen LogP contribution in [-0.4, -0.2) is 62.2 Å². The molecule has 11 heteroatoms. The first-order valence-electron chi connectivity index (χ1n) is 12.8. The third-order valence-corrected chi connectivity index (χ3v) is 6.88. The van der Waals surface area contributed by atoms with E-state index in [1.807, 2.05) is 6.92 Å². The molecule has 0 spiro atoms. The van der Waals surface area contributed by atoms with Gasteiger partial charge >= 0.3 is 0 Å². The number of nitrogens with one attached hydrogen (secondary N) is 1. The third kappa shape index (κ3) is 6.04. The SMILES string of the molecule is Cc1ccc(-c2nnn(CC(=O)N(C[C@@H]3CCCO3)[C@H](C(=O)NC3CCCC3)c3ccc(F)cc3)n2)o1. The summed E-state index contributed by atoms with van der Waals surface area (Å²) in [5, 5.41) is 15.4. The smallest absolute Gasteiger partial charge is 0.247 e. The second-order valence-electron chi connectivity index (χ2n) is 9.68. The first-order valence-corrected chi connectivity index (χ1v) is 12.8. The molecule has 1 aromatic carbocycles. The molecule has 37 heavy (non-hydrogen) atoms. The van der Waals surface area contributed by atoms with Crippen LogP contribution in [0.1, 0.15) is 55.9 Å². The molecule has 10 nitrogen and oxygen atoms in total. The zero-order valence-electron chi connectivity index (χ0n) is 20.8. The van der Waals surface area contributed by atoms with Gasteiger partial charge in [-0.3, -0.25) is 9.59 Å². The molecule has 0 radical (unpaired) electrons. The molecular formula is C26H31FN6O4. The number of aryl methyl sites for hydroxylation is 1. The number of tetrazole rings is 1. The molecule has 1 N–H and O–H groups in total. The molecule has 2 aromatic heterocycles. The molecule has 1 aliphatic carbocycles. The number of hydrogen-bond donors (Lipinski definition) is 1. The summed E-state index contributed by atoms with van der Waals surface area (Å²) >= 11 is 0. The van der Waals surface area contributed by atoms with Crippen molar-refractivity contribution in [3.05, 3.63) is 53.5 Å². The number of furan rings is 1. The molecule has 5 rings (SSSR count). The monoisotopic (exact) mass is 510 g/mol. The van der Waals surface area contributed by atoms with E-state index in [2.05, 4.69) is 20.7 Å². The predicted molar refractivity (Wildman–Crippen MR) is 130 cm³/mol. The second-order valence-corrected chi connectivity index (χ2v) is 9.68. The molecule has 1 saturated heterocycles. The Balaban J connectivity index is 1.42. The van der Waals surface area contributed by atoms with Crippen LogP contribution in [0.5, 0.6) is 0 Å². The Kier molecular flexibility index (Phi) is 7.59. The van der Waals surface area contributed by atoms with Crippen LogP contribution in [0.25, 0.3) is 11.6 Å². The summed E-state index contributed by atoms with van der Waals surface area (Å²) in [5.41, 5.74) is 0.529. The molecule has 2 aliphatic rings. The van der Waals surface area contributed by atoms with Crippen molar-refractivity contribution in [3.8, 4) is 11.6 Å². The van der Waals surface area contributed by atoms with Crippen molar-refractivity contribution in [1.29, 1.82) is 0 Å². The summed E-state index contributed by atoms with van der Waals surface area (Å²) in [5.74, 6) is 0.353. The quantitative estimate of drug-likeness (QED) is 0.470. The molecule has 3 aromatic rings. The van der Waals surface area contributed by atoms with Gasteiger partial charge in [-0.15, -0.1) is 10.2 Å². The molecule has 0 unspecified atom stereocenters. The first-order chi connectivity index (χ1) is 18.0. The minimum Gasteiger partial charge on any atom is -0.458 e. The van der Waals surface area contributed by atoms with E-state index >= 15 is 0 Å². The van der Waals surface area contributed by atoms with E-state index in [9.17, 15) is 14.0 Å². The maximum Gasteiger partial charge on any atom is 0.247 e. The molecule has 2 amide bonds. The van der Waals surface area contributed by atoms with Gasteiger partial charge in [0.15, 0.2) is 5.76 Å². The highest BCUT2D eigenvalue weighted by molar-refractivity contribution is 5.89. The summed E-state index contributed by atoms with van der Waals surface area (Å²) in [6.45, 7) is 2.41. The van der Waals surface area contributed by atoms with Crippen LogP contribution in [0.15, 0.2) is 40.8 Å². The maximum absolute atomic E-state index is 13.8. The van der Waals surface area contributed by atoms with Gasteiger partial charge in [0.25, 0.3) is 0 Å². The first kappa shape index (κ1) is 25.1. The van der Waals surface area contributed by atoms with E-state index in [1.165, 1.54) is 21.8 Å². The minimum absolute atomic E-state index is 0.0615. The molecule has 1 saturated carbocycles. The topological polar surface area (TPSA) is 115 Å². The number of carbonyl (C=O) groups excluding carboxylic acids is 2. The molecule has 2 atom stereocenters. The Bertz CT molecular complexity index is 1210. The lowest BCUT2D eigenvalue weighted by Crippen LogP contribution is -2.49. The van der Waals surface area contributed by atoms with Crippen molar-refractivity contribution in [2.75, 3.05) is 13.2 Å². The fraction of sp³-hybridized carbons (Fsp3) is 0.500. The van der Waals surface area contributed by atoms with Gasteiger partial charge in [-0.05, 0) is 67.6 Å². The van der Waals surface area contributed by atoms with Crippen molar-refractivity contribution < 1.29 is 23.1 Å². The van der Waals surface area contributed by atoms with E-state index in [1.54, 1.807) is 24.3 Å². The number of benzene rings is 1. The molecule has 196 valence electrons. The van der Waals surface area contributed by atoms with Gasteiger partial charge in [0.2, 0.25) is 17.6 Å². The van der Waals surface area contributed by atoms with Crippen LogP contribution in [0.2, 0.25) is 0 Å². The summed E-state index contributed by atoms with van der Waals surface area (Å²) in [4.78, 5) is 30.1. The minimum atomic E-state index is -0.950. The van der Waals surface area contributed by atoms with Crippen LogP contribution < -0.4 is 5.32 Å². The van der Waals surface area contributed by atoms with Crippen molar-refractivity contribution in [1.82, 2.24) is 30.4 Å². The Hall–Kier alpha value is -3.60. The highest BCUT2D eigenvalue weighted by Gasteiger charge is 2.35. The Morgan fingerprint density at radius 1 is 1.14 bits per heavy atom. The number of ether oxygens (including phenoxy) is 1. The zero-order valence-corrected chi connectivity index (χ0v) is 20.8. The lowest BCUT2D eigenvalue weighted by molar-refractivity contribution is -0.143. The second kappa shape index (κ2) is 11.2. The highest BCUT2D eigenvalue weighted by atomic mass is 19.1. The van der Waals surface area contributed by atoms with Gasteiger partial charge in [0, 0.05) is 19.2 Å². The standard InChI is InChI=1S/C26H31FN6O4/c1-17-8-13-22(37-17)25-29-31-33(30-25)16-23(34)32(15-21-7-4-14-36-21)24(18-9-11-19(27)12-10-18)26(35)28-20-5-2-3-6-20/h8-13,20-21,24H,2-7,14-16H2,1H3,(H,28,35)/t21-,24-/m0/s1. The van der Waals surface area contributed by atoms with Crippen LogP contribution in [0.3, 0.4) is 0 Å². The van der Waals surface area contributed by atoms with Gasteiger partial charge in [-0.2, -0.15) is 4.80 Å². The number of amides is 2. The number of hydrogen-bond acceptors (Lipinski definition) is 7. The normalized spacial score (nSPS) is 18.7. The van der Waals surface area contributed by atoms with Crippen LogP contribution >= 0.6 is 0 Å². The molecule has 0 bridgehead atoms. The van der Waals surface area contributed by atoms with E-state index in [-0.39, 0.29) is 42.9 Å². The van der Waals surface area contributed by atoms with Crippen molar-refractivity contribution in [2.24, 2.45) is 0 Å². The average Bonchev–Trinajstić information content (AvgIpc) is 3.69. The summed E-state index contributed by atoms with van der Waals surface area (Å²) in [6.07, 6.45) is 5.39. The maximum atomic E-state index is 13.8. The van der Waals surface area contributed by atoms with Gasteiger partial charge in [-0.25, -0.2) is 4.39 Å². The number of carbonyl (C=O) groups is 2. The van der Waals surface area contributed by atoms with E-state index < -0.39 is 11.9 Å². The Labute approximate surface area is 214 Å². The summed E-state index contributed by atoms with van der Waals surface area (Å²) < 4.78 is 25.1. The van der Waals surface area contributed by atoms with E-state index in [0.29, 0.717) is 23.7 Å². The van der Waals surface area contributed by atoms with Crippen LogP contribution in [-0.2, 0) is 20.9 Å². The zero-order chi connectivity index (χ0) is 25.8. The highest BCUT2D eigenvalue weighted by Crippen LogP contribution is 2.27. The van der Waals surface area contributed by atoms with Gasteiger partial charge in [0.05, 0.1) is 6.10 Å². The van der Waals surface area contributed by atoms with Gasteiger partial charge in [0.1, 0.15) is 24.2 Å². The summed E-state index contributed by atoms with van der Waals surface area (Å²) in [7, 11) is 0.